The summed E-state index contributed by atoms with van der Waals surface area (Å²) < 4.78 is 12.0. The van der Waals surface area contributed by atoms with Crippen LogP contribution in [0.3, 0.4) is 0 Å². The number of aromatic nitrogens is 1. The minimum absolute atomic E-state index is 0.0175. The fourth-order valence-corrected chi connectivity index (χ4v) is 3.98. The number of hydrogen-bond acceptors (Lipinski definition) is 6. The maximum atomic E-state index is 12.4. The molecule has 7 heteroatoms. The van der Waals surface area contributed by atoms with Crippen molar-refractivity contribution in [2.24, 2.45) is 0 Å². The van der Waals surface area contributed by atoms with Crippen LogP contribution in [-0.4, -0.2) is 29.9 Å². The van der Waals surface area contributed by atoms with Crippen LogP contribution in [0.2, 0.25) is 0 Å². The first-order chi connectivity index (χ1) is 12.3. The average Bonchev–Trinajstić information content (AvgIpc) is 3.05. The SMILES string of the molecule is CCOc1ccc(OCC)c(NC(=O)CSc2nc(C(C)(C)C)cs2)c1. The molecular weight excluding hydrogens is 368 g/mol. The number of nitrogens with zero attached hydrogens (tertiary/aromatic N) is 1. The predicted molar refractivity (Wildman–Crippen MR) is 109 cm³/mol. The lowest BCUT2D eigenvalue weighted by Crippen LogP contribution is -2.15. The van der Waals surface area contributed by atoms with Gasteiger partial charge in [0.2, 0.25) is 5.91 Å². The molecule has 1 N–H and O–H groups in total. The first-order valence-corrected chi connectivity index (χ1v) is 10.5. The van der Waals surface area contributed by atoms with E-state index in [0.717, 1.165) is 10.0 Å². The number of hydrogen-bond donors (Lipinski definition) is 1. The largest absolute Gasteiger partial charge is 0.494 e. The Morgan fingerprint density at radius 3 is 2.58 bits per heavy atom. The van der Waals surface area contributed by atoms with Crippen LogP contribution in [0.4, 0.5) is 5.69 Å². The van der Waals surface area contributed by atoms with E-state index in [1.165, 1.54) is 11.8 Å². The maximum Gasteiger partial charge on any atom is 0.234 e. The first kappa shape index (κ1) is 20.6. The molecule has 0 fully saturated rings. The molecule has 0 aliphatic heterocycles. The molecule has 0 aliphatic carbocycles. The molecule has 0 saturated heterocycles. The second-order valence-corrected chi connectivity index (χ2v) is 8.69. The zero-order valence-electron chi connectivity index (χ0n) is 15.9. The molecule has 26 heavy (non-hydrogen) atoms. The highest BCUT2D eigenvalue weighted by Crippen LogP contribution is 2.31. The Bertz CT molecular complexity index is 739. The van der Waals surface area contributed by atoms with Crippen LogP contribution < -0.4 is 14.8 Å². The minimum atomic E-state index is -0.0999. The third-order valence-corrected chi connectivity index (χ3v) is 5.44. The van der Waals surface area contributed by atoms with E-state index >= 15 is 0 Å². The molecule has 1 amide bonds. The van der Waals surface area contributed by atoms with E-state index < -0.39 is 0 Å². The number of anilines is 1. The van der Waals surface area contributed by atoms with E-state index in [9.17, 15) is 4.79 Å². The number of benzene rings is 1. The lowest BCUT2D eigenvalue weighted by molar-refractivity contribution is -0.113. The average molecular weight is 395 g/mol. The van der Waals surface area contributed by atoms with Crippen molar-refractivity contribution in [1.82, 2.24) is 4.98 Å². The van der Waals surface area contributed by atoms with Gasteiger partial charge in [-0.15, -0.1) is 11.3 Å². The van der Waals surface area contributed by atoms with Crippen molar-refractivity contribution < 1.29 is 14.3 Å². The van der Waals surface area contributed by atoms with Gasteiger partial charge in [-0.1, -0.05) is 32.5 Å². The normalized spacial score (nSPS) is 11.3. The fourth-order valence-electron chi connectivity index (χ4n) is 2.13. The van der Waals surface area contributed by atoms with Crippen molar-refractivity contribution in [2.75, 3.05) is 24.3 Å². The number of thioether (sulfide) groups is 1. The summed E-state index contributed by atoms with van der Waals surface area (Å²) in [5, 5.41) is 4.97. The Labute approximate surface area is 163 Å². The molecule has 1 heterocycles. The fraction of sp³-hybridized carbons (Fsp3) is 0.474. The van der Waals surface area contributed by atoms with Gasteiger partial charge in [-0.3, -0.25) is 4.79 Å². The molecular formula is C19H26N2O3S2. The summed E-state index contributed by atoms with van der Waals surface area (Å²) >= 11 is 3.01. The highest BCUT2D eigenvalue weighted by atomic mass is 32.2. The topological polar surface area (TPSA) is 60.5 Å². The van der Waals surface area contributed by atoms with Gasteiger partial charge in [0.15, 0.2) is 4.34 Å². The van der Waals surface area contributed by atoms with Crippen LogP contribution >= 0.6 is 23.1 Å². The van der Waals surface area contributed by atoms with E-state index in [4.69, 9.17) is 9.47 Å². The number of carbonyl (C=O) groups is 1. The summed E-state index contributed by atoms with van der Waals surface area (Å²) in [5.74, 6) is 1.53. The van der Waals surface area contributed by atoms with E-state index in [0.29, 0.717) is 36.2 Å². The Hall–Kier alpha value is -1.73. The molecule has 1 aromatic heterocycles. The molecule has 0 unspecified atom stereocenters. The monoisotopic (exact) mass is 394 g/mol. The van der Waals surface area contributed by atoms with E-state index in [-0.39, 0.29) is 11.3 Å². The third kappa shape index (κ3) is 5.92. The van der Waals surface area contributed by atoms with E-state index in [1.54, 1.807) is 17.4 Å². The molecule has 0 aliphatic rings. The lowest BCUT2D eigenvalue weighted by Gasteiger charge is -2.14. The van der Waals surface area contributed by atoms with Crippen molar-refractivity contribution >= 4 is 34.7 Å². The van der Waals surface area contributed by atoms with E-state index in [2.05, 4.69) is 36.5 Å². The molecule has 0 radical (unpaired) electrons. The van der Waals surface area contributed by atoms with Crippen molar-refractivity contribution in [3.05, 3.63) is 29.3 Å². The van der Waals surface area contributed by atoms with Crippen molar-refractivity contribution in [3.8, 4) is 11.5 Å². The van der Waals surface area contributed by atoms with Crippen LogP contribution in [-0.2, 0) is 10.2 Å². The van der Waals surface area contributed by atoms with Crippen LogP contribution in [0, 0.1) is 0 Å². The summed E-state index contributed by atoms with van der Waals surface area (Å²) in [4.78, 5) is 17.0. The zero-order valence-corrected chi connectivity index (χ0v) is 17.6. The van der Waals surface area contributed by atoms with Gasteiger partial charge in [0.05, 0.1) is 30.3 Å². The Morgan fingerprint density at radius 2 is 1.96 bits per heavy atom. The number of nitrogens with one attached hydrogen (secondary N) is 1. The standard InChI is InChI=1S/C19H26N2O3S2/c1-6-23-13-8-9-15(24-7-2)14(10-13)20-17(22)12-26-18-21-16(11-25-18)19(3,4)5/h8-11H,6-7,12H2,1-5H3,(H,20,22). The Morgan fingerprint density at radius 1 is 1.23 bits per heavy atom. The van der Waals surface area contributed by atoms with Crippen LogP contribution in [0.15, 0.2) is 27.9 Å². The molecule has 0 saturated carbocycles. The zero-order chi connectivity index (χ0) is 19.2. The van der Waals surface area contributed by atoms with Gasteiger partial charge in [0.25, 0.3) is 0 Å². The van der Waals surface area contributed by atoms with Gasteiger partial charge >= 0.3 is 0 Å². The quantitative estimate of drug-likeness (QED) is 0.641. The first-order valence-electron chi connectivity index (χ1n) is 8.61. The number of rotatable bonds is 8. The molecule has 2 aromatic rings. The summed E-state index contributed by atoms with van der Waals surface area (Å²) in [6.45, 7) is 11.3. The minimum Gasteiger partial charge on any atom is -0.494 e. The van der Waals surface area contributed by atoms with Crippen molar-refractivity contribution in [3.63, 3.8) is 0 Å². The van der Waals surface area contributed by atoms with Gasteiger partial charge < -0.3 is 14.8 Å². The van der Waals surface area contributed by atoms with Gasteiger partial charge in [-0.2, -0.15) is 0 Å². The van der Waals surface area contributed by atoms with Crippen molar-refractivity contribution in [1.29, 1.82) is 0 Å². The molecule has 0 spiro atoms. The van der Waals surface area contributed by atoms with Crippen LogP contribution in [0.25, 0.3) is 0 Å². The van der Waals surface area contributed by atoms with Crippen molar-refractivity contribution in [2.45, 2.75) is 44.4 Å². The second-order valence-electron chi connectivity index (χ2n) is 6.61. The molecule has 142 valence electrons. The molecule has 0 bridgehead atoms. The summed E-state index contributed by atoms with van der Waals surface area (Å²) in [6.07, 6.45) is 0. The number of carbonyl (C=O) groups excluding carboxylic acids is 1. The summed E-state index contributed by atoms with van der Waals surface area (Å²) in [7, 11) is 0. The highest BCUT2D eigenvalue weighted by molar-refractivity contribution is 8.01. The third-order valence-electron chi connectivity index (χ3n) is 3.41. The van der Waals surface area contributed by atoms with Gasteiger partial charge in [-0.05, 0) is 26.0 Å². The lowest BCUT2D eigenvalue weighted by atomic mass is 9.93. The highest BCUT2D eigenvalue weighted by Gasteiger charge is 2.18. The summed E-state index contributed by atoms with van der Waals surface area (Å²) in [5.41, 5.74) is 1.69. The van der Waals surface area contributed by atoms with Crippen LogP contribution in [0.5, 0.6) is 11.5 Å². The van der Waals surface area contributed by atoms with Gasteiger partial charge in [0.1, 0.15) is 11.5 Å². The molecule has 5 nitrogen and oxygen atoms in total. The number of thiazole rings is 1. The predicted octanol–water partition coefficient (Wildman–Crippen LogP) is 4.97. The summed E-state index contributed by atoms with van der Waals surface area (Å²) in [6, 6.07) is 5.44. The van der Waals surface area contributed by atoms with Gasteiger partial charge in [0, 0.05) is 16.9 Å². The second kappa shape index (κ2) is 9.28. The van der Waals surface area contributed by atoms with Crippen LogP contribution in [0.1, 0.15) is 40.3 Å². The Balaban J connectivity index is 2.00. The van der Waals surface area contributed by atoms with Gasteiger partial charge in [-0.25, -0.2) is 4.98 Å². The smallest absolute Gasteiger partial charge is 0.234 e. The molecule has 0 atom stereocenters. The van der Waals surface area contributed by atoms with E-state index in [1.807, 2.05) is 26.0 Å². The number of ether oxygens (including phenoxy) is 2. The molecule has 2 rings (SSSR count). The molecule has 1 aromatic carbocycles. The number of amides is 1. The maximum absolute atomic E-state index is 12.4. The Kier molecular flexibility index (Phi) is 7.34.